The van der Waals surface area contributed by atoms with E-state index in [-0.39, 0.29) is 12.0 Å². The van der Waals surface area contributed by atoms with E-state index in [2.05, 4.69) is 5.43 Å². The Bertz CT molecular complexity index is 649. The molecule has 10 heteroatoms. The quantitative estimate of drug-likeness (QED) is 0.550. The number of carbonyl (C=O) groups excluding carboxylic acids is 3. The molecule has 3 N–H and O–H groups in total. The summed E-state index contributed by atoms with van der Waals surface area (Å²) >= 11 is 5.68. The van der Waals surface area contributed by atoms with Gasteiger partial charge in [0.25, 0.3) is 11.8 Å². The van der Waals surface area contributed by atoms with Crippen LogP contribution >= 0.6 is 11.6 Å². The van der Waals surface area contributed by atoms with Crippen LogP contribution in [0.25, 0.3) is 0 Å². The van der Waals surface area contributed by atoms with E-state index in [9.17, 15) is 27.6 Å². The Kier molecular flexibility index (Phi) is 5.33. The van der Waals surface area contributed by atoms with E-state index < -0.39 is 42.3 Å². The maximum absolute atomic E-state index is 12.5. The van der Waals surface area contributed by atoms with Crippen LogP contribution in [0.1, 0.15) is 23.2 Å². The van der Waals surface area contributed by atoms with Gasteiger partial charge in [-0.25, -0.2) is 0 Å². The van der Waals surface area contributed by atoms with Crippen LogP contribution < -0.4 is 16.2 Å². The first-order valence-corrected chi connectivity index (χ1v) is 7.29. The minimum atomic E-state index is -4.56. The molecule has 1 aromatic rings. The largest absolute Gasteiger partial charge is 0.408 e. The van der Waals surface area contributed by atoms with Gasteiger partial charge in [-0.3, -0.25) is 25.2 Å². The van der Waals surface area contributed by atoms with Crippen molar-refractivity contribution in [3.05, 3.63) is 34.9 Å². The van der Waals surface area contributed by atoms with Crippen LogP contribution in [0.5, 0.6) is 0 Å². The number of piperidine rings is 1. The molecule has 1 aromatic carbocycles. The van der Waals surface area contributed by atoms with Gasteiger partial charge in [-0.2, -0.15) is 13.2 Å². The standard InChI is InChI=1S/C14H13ClF3N3O3/c15-8-3-1-7(2-4-8)11(22)20-21-13(24)9-5-6-10(14(16,17)18)19-12(9)23/h1-4,9-10H,5-6H2,(H,19,23)(H,20,22)(H,21,24). The molecule has 1 aliphatic heterocycles. The van der Waals surface area contributed by atoms with Gasteiger partial charge in [0.05, 0.1) is 0 Å². The number of nitrogens with one attached hydrogen (secondary N) is 3. The summed E-state index contributed by atoms with van der Waals surface area (Å²) in [6.45, 7) is 0. The van der Waals surface area contributed by atoms with Gasteiger partial charge < -0.3 is 5.32 Å². The number of hydrazine groups is 1. The van der Waals surface area contributed by atoms with Crippen LogP contribution in [0, 0.1) is 5.92 Å². The number of amides is 3. The lowest BCUT2D eigenvalue weighted by atomic mass is 9.93. The zero-order valence-electron chi connectivity index (χ0n) is 12.1. The van der Waals surface area contributed by atoms with Crippen LogP contribution in [0.15, 0.2) is 24.3 Å². The molecule has 0 spiro atoms. The third-order valence-electron chi connectivity index (χ3n) is 3.49. The SMILES string of the molecule is O=C(NNC(=O)C1CCC(C(F)(F)F)NC1=O)c1ccc(Cl)cc1. The topological polar surface area (TPSA) is 87.3 Å². The highest BCUT2D eigenvalue weighted by Crippen LogP contribution is 2.28. The van der Waals surface area contributed by atoms with E-state index in [1.807, 2.05) is 5.43 Å². The van der Waals surface area contributed by atoms with Crippen LogP contribution in [-0.4, -0.2) is 29.9 Å². The fraction of sp³-hybridized carbons (Fsp3) is 0.357. The van der Waals surface area contributed by atoms with Crippen LogP contribution in [0.3, 0.4) is 0 Å². The van der Waals surface area contributed by atoms with E-state index in [4.69, 9.17) is 11.6 Å². The molecule has 1 saturated heterocycles. The van der Waals surface area contributed by atoms with Crippen molar-refractivity contribution in [2.45, 2.75) is 25.1 Å². The molecule has 0 aromatic heterocycles. The molecule has 1 fully saturated rings. The minimum absolute atomic E-state index is 0.213. The van der Waals surface area contributed by atoms with Crippen molar-refractivity contribution in [1.82, 2.24) is 16.2 Å². The third-order valence-corrected chi connectivity index (χ3v) is 3.75. The molecule has 6 nitrogen and oxygen atoms in total. The van der Waals surface area contributed by atoms with Crippen molar-refractivity contribution in [2.75, 3.05) is 0 Å². The second-order valence-corrected chi connectivity index (χ2v) is 5.62. The molecular weight excluding hydrogens is 351 g/mol. The van der Waals surface area contributed by atoms with E-state index in [0.717, 1.165) is 0 Å². The highest BCUT2D eigenvalue weighted by atomic mass is 35.5. The maximum atomic E-state index is 12.5. The first kappa shape index (κ1) is 18.1. The van der Waals surface area contributed by atoms with Gasteiger partial charge in [0.2, 0.25) is 5.91 Å². The number of alkyl halides is 3. The van der Waals surface area contributed by atoms with Gasteiger partial charge >= 0.3 is 6.18 Å². The predicted octanol–water partition coefficient (Wildman–Crippen LogP) is 1.56. The average molecular weight is 364 g/mol. The molecule has 2 rings (SSSR count). The zero-order valence-corrected chi connectivity index (χ0v) is 12.9. The zero-order chi connectivity index (χ0) is 17.9. The van der Waals surface area contributed by atoms with Crippen molar-refractivity contribution < 1.29 is 27.6 Å². The summed E-state index contributed by atoms with van der Waals surface area (Å²) in [5.41, 5.74) is 4.34. The van der Waals surface area contributed by atoms with Crippen LogP contribution in [0.2, 0.25) is 5.02 Å². The predicted molar refractivity (Wildman–Crippen MR) is 77.8 cm³/mol. The minimum Gasteiger partial charge on any atom is -0.344 e. The van der Waals surface area contributed by atoms with Crippen LogP contribution in [-0.2, 0) is 9.59 Å². The van der Waals surface area contributed by atoms with Gasteiger partial charge in [0, 0.05) is 10.6 Å². The van der Waals surface area contributed by atoms with Crippen molar-refractivity contribution in [1.29, 1.82) is 0 Å². The van der Waals surface area contributed by atoms with Crippen molar-refractivity contribution in [2.24, 2.45) is 5.92 Å². The van der Waals surface area contributed by atoms with E-state index in [1.54, 1.807) is 5.32 Å². The molecule has 1 heterocycles. The Morgan fingerprint density at radius 2 is 1.75 bits per heavy atom. The molecule has 2 unspecified atom stereocenters. The van der Waals surface area contributed by atoms with Crippen molar-refractivity contribution >= 4 is 29.3 Å². The smallest absolute Gasteiger partial charge is 0.344 e. The van der Waals surface area contributed by atoms with Gasteiger partial charge in [-0.1, -0.05) is 11.6 Å². The molecule has 0 saturated carbocycles. The van der Waals surface area contributed by atoms with E-state index in [0.29, 0.717) is 5.02 Å². The summed E-state index contributed by atoms with van der Waals surface area (Å²) < 4.78 is 37.6. The van der Waals surface area contributed by atoms with Crippen LogP contribution in [0.4, 0.5) is 13.2 Å². The molecular formula is C14H13ClF3N3O3. The second-order valence-electron chi connectivity index (χ2n) is 5.18. The summed E-state index contributed by atoms with van der Waals surface area (Å²) in [5, 5.41) is 2.19. The summed E-state index contributed by atoms with van der Waals surface area (Å²) in [7, 11) is 0. The van der Waals surface area contributed by atoms with Gasteiger partial charge in [-0.05, 0) is 37.1 Å². The normalized spacial score (nSPS) is 20.9. The van der Waals surface area contributed by atoms with Gasteiger partial charge in [0.1, 0.15) is 12.0 Å². The lowest BCUT2D eigenvalue weighted by Crippen LogP contribution is -2.56. The molecule has 0 bridgehead atoms. The van der Waals surface area contributed by atoms with Crippen molar-refractivity contribution in [3.8, 4) is 0 Å². The Balaban J connectivity index is 1.88. The Hall–Kier alpha value is -2.29. The number of halogens is 4. The van der Waals surface area contributed by atoms with E-state index >= 15 is 0 Å². The number of rotatable bonds is 2. The molecule has 2 atom stereocenters. The van der Waals surface area contributed by atoms with E-state index in [1.165, 1.54) is 24.3 Å². The molecule has 24 heavy (non-hydrogen) atoms. The number of hydrogen-bond acceptors (Lipinski definition) is 3. The highest BCUT2D eigenvalue weighted by molar-refractivity contribution is 6.30. The molecule has 0 radical (unpaired) electrons. The number of benzene rings is 1. The fourth-order valence-electron chi connectivity index (χ4n) is 2.18. The summed E-state index contributed by atoms with van der Waals surface area (Å²) in [6, 6.07) is 3.84. The van der Waals surface area contributed by atoms with Gasteiger partial charge in [-0.15, -0.1) is 0 Å². The average Bonchev–Trinajstić information content (AvgIpc) is 2.52. The maximum Gasteiger partial charge on any atom is 0.408 e. The molecule has 130 valence electrons. The van der Waals surface area contributed by atoms with Gasteiger partial charge in [0.15, 0.2) is 0 Å². The molecule has 0 aliphatic carbocycles. The Labute approximate surface area is 139 Å². The molecule has 3 amide bonds. The van der Waals surface area contributed by atoms with Crippen molar-refractivity contribution in [3.63, 3.8) is 0 Å². The summed E-state index contributed by atoms with van der Waals surface area (Å²) in [6.07, 6.45) is -5.23. The summed E-state index contributed by atoms with van der Waals surface area (Å²) in [5.74, 6) is -3.85. The number of hydrogen-bond donors (Lipinski definition) is 3. The lowest BCUT2D eigenvalue weighted by Gasteiger charge is -2.29. The second kappa shape index (κ2) is 7.08. The number of carbonyl (C=O) groups is 3. The third kappa shape index (κ3) is 4.38. The molecule has 1 aliphatic rings. The first-order valence-electron chi connectivity index (χ1n) is 6.91. The first-order chi connectivity index (χ1) is 11.2. The fourth-order valence-corrected chi connectivity index (χ4v) is 2.31. The Morgan fingerprint density at radius 1 is 1.12 bits per heavy atom. The highest BCUT2D eigenvalue weighted by Gasteiger charge is 2.45. The summed E-state index contributed by atoms with van der Waals surface area (Å²) in [4.78, 5) is 35.3. The Morgan fingerprint density at radius 3 is 2.29 bits per heavy atom. The monoisotopic (exact) mass is 363 g/mol. The lowest BCUT2D eigenvalue weighted by molar-refractivity contribution is -0.171.